The first-order valence-corrected chi connectivity index (χ1v) is 9.43. The summed E-state index contributed by atoms with van der Waals surface area (Å²) in [5.74, 6) is -1.35. The Balaban J connectivity index is 1.68. The first-order chi connectivity index (χ1) is 14.1. The van der Waals surface area contributed by atoms with E-state index in [0.717, 1.165) is 5.01 Å². The van der Waals surface area contributed by atoms with Crippen LogP contribution in [0, 0.1) is 5.82 Å². The third kappa shape index (κ3) is 4.67. The van der Waals surface area contributed by atoms with Gasteiger partial charge < -0.3 is 20.1 Å². The number of ether oxygens (including phenoxy) is 1. The Hall–Kier alpha value is -3.21. The van der Waals surface area contributed by atoms with Crippen LogP contribution in [-0.4, -0.2) is 72.2 Å². The maximum Gasteiger partial charge on any atom is 0.414 e. The number of nitrogens with zero attached hydrogens (tertiary/aromatic N) is 4. The van der Waals surface area contributed by atoms with Gasteiger partial charge in [-0.2, -0.15) is 5.10 Å². The fraction of sp³-hybridized carbons (Fsp3) is 0.474. The van der Waals surface area contributed by atoms with Crippen molar-refractivity contribution in [2.24, 2.45) is 5.10 Å². The van der Waals surface area contributed by atoms with E-state index in [1.54, 1.807) is 6.07 Å². The van der Waals surface area contributed by atoms with Gasteiger partial charge >= 0.3 is 6.09 Å². The Bertz CT molecular complexity index is 885. The number of anilines is 2. The molecule has 11 heteroatoms. The van der Waals surface area contributed by atoms with Crippen molar-refractivity contribution < 1.29 is 28.6 Å². The molecule has 0 aliphatic carbocycles. The molecule has 0 aromatic heterocycles. The zero-order chi connectivity index (χ0) is 22.1. The first-order valence-electron chi connectivity index (χ1n) is 9.43. The van der Waals surface area contributed by atoms with Gasteiger partial charge in [-0.1, -0.05) is 0 Å². The van der Waals surface area contributed by atoms with E-state index in [0.29, 0.717) is 5.69 Å². The topological polar surface area (TPSA) is 115 Å². The smallest absolute Gasteiger partial charge is 0.414 e. The summed E-state index contributed by atoms with van der Waals surface area (Å²) in [7, 11) is 0. The van der Waals surface area contributed by atoms with Crippen molar-refractivity contribution in [3.63, 3.8) is 0 Å². The number of halogens is 1. The molecule has 0 spiro atoms. The van der Waals surface area contributed by atoms with Crippen LogP contribution in [0.3, 0.4) is 0 Å². The van der Waals surface area contributed by atoms with E-state index in [2.05, 4.69) is 10.4 Å². The molecule has 1 atom stereocenters. The second kappa shape index (κ2) is 8.27. The standard InChI is InChI=1S/C19H24FN5O5/c1-12(26)21-9-14-10-24(18(28)30-14)13-4-5-16(15(20)8-13)23-6-7-25(22-11-23)17(27)19(2,3)29/h4-5,8,11,14,29H,6-7,9-10H2,1-3H3,(H,21,26)/t14-/m0/s1. The molecule has 1 saturated heterocycles. The minimum atomic E-state index is -1.55. The lowest BCUT2D eigenvalue weighted by molar-refractivity contribution is -0.147. The molecule has 1 aromatic carbocycles. The molecule has 10 nitrogen and oxygen atoms in total. The molecule has 162 valence electrons. The number of hydrogen-bond acceptors (Lipinski definition) is 7. The predicted octanol–water partition coefficient (Wildman–Crippen LogP) is 0.650. The molecule has 2 aliphatic rings. The van der Waals surface area contributed by atoms with Gasteiger partial charge in [0.25, 0.3) is 5.91 Å². The van der Waals surface area contributed by atoms with Gasteiger partial charge in [-0.15, -0.1) is 0 Å². The average molecular weight is 421 g/mol. The molecule has 0 bridgehead atoms. The van der Waals surface area contributed by atoms with Gasteiger partial charge in [-0.25, -0.2) is 14.2 Å². The highest BCUT2D eigenvalue weighted by Gasteiger charge is 2.34. The summed E-state index contributed by atoms with van der Waals surface area (Å²) >= 11 is 0. The van der Waals surface area contributed by atoms with E-state index in [4.69, 9.17) is 4.74 Å². The van der Waals surface area contributed by atoms with Crippen molar-refractivity contribution in [2.45, 2.75) is 32.5 Å². The Morgan fingerprint density at radius 2 is 2.10 bits per heavy atom. The minimum Gasteiger partial charge on any atom is -0.442 e. The van der Waals surface area contributed by atoms with Crippen molar-refractivity contribution >= 4 is 35.6 Å². The lowest BCUT2D eigenvalue weighted by Crippen LogP contribution is -2.48. The van der Waals surface area contributed by atoms with Crippen LogP contribution < -0.4 is 15.1 Å². The Morgan fingerprint density at radius 1 is 1.37 bits per heavy atom. The van der Waals surface area contributed by atoms with Gasteiger partial charge in [0.05, 0.1) is 31.0 Å². The second-order valence-corrected chi connectivity index (χ2v) is 7.60. The van der Waals surface area contributed by atoms with Crippen LogP contribution in [-0.2, 0) is 14.3 Å². The van der Waals surface area contributed by atoms with Crippen LogP contribution >= 0.6 is 0 Å². The quantitative estimate of drug-likeness (QED) is 0.722. The molecule has 2 N–H and O–H groups in total. The van der Waals surface area contributed by atoms with E-state index >= 15 is 0 Å². The van der Waals surface area contributed by atoms with Crippen LogP contribution in [0.2, 0.25) is 0 Å². The second-order valence-electron chi connectivity index (χ2n) is 7.60. The number of aliphatic hydroxyl groups is 1. The number of nitrogens with one attached hydrogen (secondary N) is 1. The number of carbonyl (C=O) groups is 3. The van der Waals surface area contributed by atoms with Gasteiger partial charge in [0.1, 0.15) is 23.9 Å². The van der Waals surface area contributed by atoms with Crippen LogP contribution in [0.4, 0.5) is 20.6 Å². The summed E-state index contributed by atoms with van der Waals surface area (Å²) in [5.41, 5.74) is -0.978. The lowest BCUT2D eigenvalue weighted by atomic mass is 10.1. The summed E-state index contributed by atoms with van der Waals surface area (Å²) in [6.45, 7) is 4.96. The number of hydrazone groups is 1. The Labute approximate surface area is 172 Å². The molecule has 2 heterocycles. The fourth-order valence-electron chi connectivity index (χ4n) is 3.09. The first kappa shape index (κ1) is 21.5. The van der Waals surface area contributed by atoms with Crippen LogP contribution in [0.15, 0.2) is 23.3 Å². The zero-order valence-electron chi connectivity index (χ0n) is 17.0. The van der Waals surface area contributed by atoms with Crippen molar-refractivity contribution in [1.82, 2.24) is 10.3 Å². The van der Waals surface area contributed by atoms with Crippen LogP contribution in [0.25, 0.3) is 0 Å². The number of hydrogen-bond donors (Lipinski definition) is 2. The largest absolute Gasteiger partial charge is 0.442 e. The van der Waals surface area contributed by atoms with E-state index in [1.807, 2.05) is 0 Å². The maximum absolute atomic E-state index is 14.8. The average Bonchev–Trinajstić information content (AvgIpc) is 3.06. The van der Waals surface area contributed by atoms with Crippen molar-refractivity contribution in [2.75, 3.05) is 36.0 Å². The Morgan fingerprint density at radius 3 is 2.67 bits per heavy atom. The third-order valence-corrected chi connectivity index (χ3v) is 4.65. The summed E-state index contributed by atoms with van der Waals surface area (Å²) in [5, 5.41) is 17.5. The van der Waals surface area contributed by atoms with E-state index < -0.39 is 29.5 Å². The Kier molecular flexibility index (Phi) is 5.92. The molecule has 0 unspecified atom stereocenters. The maximum atomic E-state index is 14.8. The number of amides is 3. The number of benzene rings is 1. The van der Waals surface area contributed by atoms with Crippen molar-refractivity contribution in [1.29, 1.82) is 0 Å². The van der Waals surface area contributed by atoms with Gasteiger partial charge in [-0.05, 0) is 32.0 Å². The molecular formula is C19H24FN5O5. The number of rotatable bonds is 5. The molecule has 0 radical (unpaired) electrons. The molecule has 3 rings (SSSR count). The summed E-state index contributed by atoms with van der Waals surface area (Å²) < 4.78 is 19.9. The highest BCUT2D eigenvalue weighted by atomic mass is 19.1. The van der Waals surface area contributed by atoms with Gasteiger partial charge in [0.2, 0.25) is 5.91 Å². The van der Waals surface area contributed by atoms with Gasteiger partial charge in [0.15, 0.2) is 0 Å². The fourth-order valence-corrected chi connectivity index (χ4v) is 3.09. The number of cyclic esters (lactones) is 1. The normalized spacial score (nSPS) is 19.2. The van der Waals surface area contributed by atoms with E-state index in [9.17, 15) is 23.9 Å². The van der Waals surface area contributed by atoms with Gasteiger partial charge in [-0.3, -0.25) is 14.5 Å². The lowest BCUT2D eigenvalue weighted by Gasteiger charge is -2.31. The highest BCUT2D eigenvalue weighted by molar-refractivity contribution is 5.91. The highest BCUT2D eigenvalue weighted by Crippen LogP contribution is 2.28. The van der Waals surface area contributed by atoms with E-state index in [-0.39, 0.29) is 37.8 Å². The molecule has 30 heavy (non-hydrogen) atoms. The van der Waals surface area contributed by atoms with Gasteiger partial charge in [0, 0.05) is 13.5 Å². The summed E-state index contributed by atoms with van der Waals surface area (Å²) in [4.78, 5) is 38.0. The molecule has 0 saturated carbocycles. The minimum absolute atomic E-state index is 0.183. The molecule has 3 amide bonds. The predicted molar refractivity (Wildman–Crippen MR) is 107 cm³/mol. The summed E-state index contributed by atoms with van der Waals surface area (Å²) in [6, 6.07) is 4.32. The van der Waals surface area contributed by atoms with Crippen molar-refractivity contribution in [3.8, 4) is 0 Å². The zero-order valence-corrected chi connectivity index (χ0v) is 17.0. The SMILES string of the molecule is CC(=O)NC[C@H]1CN(c2ccc(N3C=NN(C(=O)C(C)(C)O)CC3)c(F)c2)C(=O)O1. The molecule has 1 fully saturated rings. The van der Waals surface area contributed by atoms with E-state index in [1.165, 1.54) is 49.0 Å². The van der Waals surface area contributed by atoms with Crippen LogP contribution in [0.5, 0.6) is 0 Å². The molecule has 2 aliphatic heterocycles. The number of carbonyl (C=O) groups excluding carboxylic acids is 3. The van der Waals surface area contributed by atoms with Crippen molar-refractivity contribution in [3.05, 3.63) is 24.0 Å². The monoisotopic (exact) mass is 421 g/mol. The van der Waals surface area contributed by atoms with Crippen LogP contribution in [0.1, 0.15) is 20.8 Å². The molecule has 1 aromatic rings. The molecular weight excluding hydrogens is 397 g/mol. The summed E-state index contributed by atoms with van der Waals surface area (Å²) in [6.07, 6.45) is 0.189. The third-order valence-electron chi connectivity index (χ3n) is 4.65.